The normalized spacial score (nSPS) is 35.2. The Balaban J connectivity index is 0.00000196. The molecule has 1 radical (unpaired) electrons. The number of rotatable bonds is 5. The molecule has 1 fully saturated rings. The van der Waals surface area contributed by atoms with Crippen LogP contribution in [-0.2, 0) is 37.4 Å². The molecule has 4 unspecified atom stereocenters. The van der Waals surface area contributed by atoms with E-state index in [-0.39, 0.29) is 51.3 Å². The summed E-state index contributed by atoms with van der Waals surface area (Å²) >= 11 is 0. The summed E-state index contributed by atoms with van der Waals surface area (Å²) in [6.07, 6.45) is 2.13. The zero-order valence-corrected chi connectivity index (χ0v) is 12.1. The minimum atomic E-state index is -0.521. The summed E-state index contributed by atoms with van der Waals surface area (Å²) in [6, 6.07) is 0. The summed E-state index contributed by atoms with van der Waals surface area (Å²) in [4.78, 5) is 0. The second-order valence-electron chi connectivity index (χ2n) is 4.06. The largest absolute Gasteiger partial charge is 0.396 e. The van der Waals surface area contributed by atoms with Crippen molar-refractivity contribution in [3.05, 3.63) is 0 Å². The van der Waals surface area contributed by atoms with Crippen molar-refractivity contribution in [1.29, 1.82) is 0 Å². The van der Waals surface area contributed by atoms with Crippen LogP contribution in [0.25, 0.3) is 0 Å². The molecular formula is C10H21NO3Y. The molecule has 0 saturated heterocycles. The predicted octanol–water partition coefficient (Wildman–Crippen LogP) is -0.273. The van der Waals surface area contributed by atoms with Crippen molar-refractivity contribution in [3.63, 3.8) is 0 Å². The second-order valence-corrected chi connectivity index (χ2v) is 4.06. The average Bonchev–Trinajstić information content (AvgIpc) is 2.51. The van der Waals surface area contributed by atoms with Gasteiger partial charge >= 0.3 is 0 Å². The monoisotopic (exact) mass is 292 g/mol. The van der Waals surface area contributed by atoms with E-state index < -0.39 is 6.10 Å². The maximum absolute atomic E-state index is 9.80. The van der Waals surface area contributed by atoms with Crippen LogP contribution in [0.3, 0.4) is 0 Å². The first-order valence-electron chi connectivity index (χ1n) is 5.26. The van der Waals surface area contributed by atoms with E-state index in [9.17, 15) is 5.11 Å². The third-order valence-electron chi connectivity index (χ3n) is 3.18. The molecule has 1 aliphatic rings. The maximum atomic E-state index is 9.80. The number of ether oxygens (including phenoxy) is 1. The molecule has 15 heavy (non-hydrogen) atoms. The summed E-state index contributed by atoms with van der Waals surface area (Å²) < 4.78 is 5.26. The molecule has 0 aromatic heterocycles. The number of hydrogen-bond donors (Lipinski definition) is 3. The van der Waals surface area contributed by atoms with Gasteiger partial charge in [0.15, 0.2) is 0 Å². The zero-order valence-electron chi connectivity index (χ0n) is 9.30. The van der Waals surface area contributed by atoms with Gasteiger partial charge in [0, 0.05) is 52.3 Å². The van der Waals surface area contributed by atoms with Crippen LogP contribution in [0.2, 0.25) is 0 Å². The number of methoxy groups -OCH3 is 1. The quantitative estimate of drug-likeness (QED) is 0.652. The SMILES string of the molecule is COC1C(CCCN)CC(CO)C1O.[Y]. The Kier molecular flexibility index (Phi) is 8.61. The molecule has 0 aromatic rings. The van der Waals surface area contributed by atoms with Crippen molar-refractivity contribution < 1.29 is 47.7 Å². The number of aliphatic hydroxyl groups is 2. The van der Waals surface area contributed by atoms with Gasteiger partial charge in [0.2, 0.25) is 0 Å². The molecule has 87 valence electrons. The maximum Gasteiger partial charge on any atom is 0.0861 e. The molecule has 0 bridgehead atoms. The van der Waals surface area contributed by atoms with Gasteiger partial charge < -0.3 is 20.7 Å². The van der Waals surface area contributed by atoms with Gasteiger partial charge in [-0.05, 0) is 31.7 Å². The van der Waals surface area contributed by atoms with Crippen LogP contribution in [0.15, 0.2) is 0 Å². The Morgan fingerprint density at radius 2 is 2.07 bits per heavy atom. The van der Waals surface area contributed by atoms with E-state index in [0.29, 0.717) is 12.5 Å². The van der Waals surface area contributed by atoms with E-state index >= 15 is 0 Å². The Morgan fingerprint density at radius 1 is 1.40 bits per heavy atom. The Labute approximate surface area is 116 Å². The van der Waals surface area contributed by atoms with Crippen molar-refractivity contribution >= 4 is 0 Å². The smallest absolute Gasteiger partial charge is 0.0861 e. The molecule has 0 amide bonds. The first kappa shape index (κ1) is 15.9. The van der Waals surface area contributed by atoms with E-state index in [0.717, 1.165) is 19.3 Å². The summed E-state index contributed by atoms with van der Waals surface area (Å²) in [5.41, 5.74) is 5.44. The predicted molar refractivity (Wildman–Crippen MR) is 53.8 cm³/mol. The van der Waals surface area contributed by atoms with Gasteiger partial charge in [0.25, 0.3) is 0 Å². The molecule has 1 aliphatic carbocycles. The number of hydrogen-bond acceptors (Lipinski definition) is 4. The summed E-state index contributed by atoms with van der Waals surface area (Å²) in [5.74, 6) is 0.318. The van der Waals surface area contributed by atoms with Crippen LogP contribution in [0, 0.1) is 11.8 Å². The Morgan fingerprint density at radius 3 is 2.53 bits per heavy atom. The van der Waals surface area contributed by atoms with Gasteiger partial charge in [0.05, 0.1) is 12.2 Å². The third-order valence-corrected chi connectivity index (χ3v) is 3.18. The van der Waals surface area contributed by atoms with Gasteiger partial charge in [-0.15, -0.1) is 0 Å². The van der Waals surface area contributed by atoms with Crippen molar-refractivity contribution in [1.82, 2.24) is 0 Å². The first-order valence-corrected chi connectivity index (χ1v) is 5.26. The Bertz CT molecular complexity index is 171. The van der Waals surface area contributed by atoms with Crippen LogP contribution in [0.5, 0.6) is 0 Å². The van der Waals surface area contributed by atoms with Crippen molar-refractivity contribution in [2.45, 2.75) is 31.5 Å². The second kappa shape index (κ2) is 8.10. The standard InChI is InChI=1S/C10H21NO3.Y/c1-14-10-7(3-2-4-11)5-8(6-12)9(10)13;/h7-10,12-13H,2-6,11H2,1H3;. The zero-order chi connectivity index (χ0) is 10.6. The van der Waals surface area contributed by atoms with E-state index in [1.54, 1.807) is 7.11 Å². The van der Waals surface area contributed by atoms with Crippen LogP contribution in [0.1, 0.15) is 19.3 Å². The minimum Gasteiger partial charge on any atom is -0.396 e. The molecule has 5 heteroatoms. The molecule has 4 atom stereocenters. The fraction of sp³-hybridized carbons (Fsp3) is 1.00. The summed E-state index contributed by atoms with van der Waals surface area (Å²) in [6.45, 7) is 0.715. The fourth-order valence-electron chi connectivity index (χ4n) is 2.39. The molecule has 0 aromatic carbocycles. The van der Waals surface area contributed by atoms with E-state index in [4.69, 9.17) is 15.6 Å². The molecule has 1 saturated carbocycles. The third kappa shape index (κ3) is 4.02. The molecule has 0 aliphatic heterocycles. The molecular weight excluding hydrogens is 271 g/mol. The minimum absolute atomic E-state index is 0. The van der Waals surface area contributed by atoms with Crippen molar-refractivity contribution in [2.24, 2.45) is 17.6 Å². The molecule has 0 spiro atoms. The van der Waals surface area contributed by atoms with E-state index in [1.807, 2.05) is 0 Å². The topological polar surface area (TPSA) is 75.7 Å². The molecule has 0 heterocycles. The van der Waals surface area contributed by atoms with Crippen molar-refractivity contribution in [2.75, 3.05) is 20.3 Å². The molecule has 4 nitrogen and oxygen atoms in total. The summed E-state index contributed by atoms with van der Waals surface area (Å²) in [5, 5.41) is 18.9. The van der Waals surface area contributed by atoms with Gasteiger partial charge in [-0.1, -0.05) is 0 Å². The molecule has 4 N–H and O–H groups in total. The molecule has 1 rings (SSSR count). The van der Waals surface area contributed by atoms with Crippen LogP contribution in [0.4, 0.5) is 0 Å². The number of nitrogens with two attached hydrogens (primary N) is 1. The van der Waals surface area contributed by atoms with Gasteiger partial charge in [-0.3, -0.25) is 0 Å². The van der Waals surface area contributed by atoms with E-state index in [1.165, 1.54) is 0 Å². The van der Waals surface area contributed by atoms with Gasteiger partial charge in [-0.2, -0.15) is 0 Å². The van der Waals surface area contributed by atoms with Crippen LogP contribution >= 0.6 is 0 Å². The van der Waals surface area contributed by atoms with Crippen molar-refractivity contribution in [3.8, 4) is 0 Å². The van der Waals surface area contributed by atoms with Crippen LogP contribution in [-0.4, -0.2) is 42.7 Å². The first-order chi connectivity index (χ1) is 6.74. The average molecular weight is 292 g/mol. The fourth-order valence-corrected chi connectivity index (χ4v) is 2.39. The van der Waals surface area contributed by atoms with E-state index in [2.05, 4.69) is 0 Å². The summed E-state index contributed by atoms with van der Waals surface area (Å²) in [7, 11) is 1.61. The van der Waals surface area contributed by atoms with Crippen LogP contribution < -0.4 is 5.73 Å². The van der Waals surface area contributed by atoms with Gasteiger partial charge in [0.1, 0.15) is 0 Å². The Hall–Kier alpha value is 0.944. The van der Waals surface area contributed by atoms with Gasteiger partial charge in [-0.25, -0.2) is 0 Å². The number of aliphatic hydroxyl groups excluding tert-OH is 2.